The maximum absolute atomic E-state index is 15.1. The van der Waals surface area contributed by atoms with Crippen molar-refractivity contribution in [2.24, 2.45) is 0 Å². The summed E-state index contributed by atoms with van der Waals surface area (Å²) in [6.07, 6.45) is -17.9. The molecule has 0 aliphatic carbocycles. The van der Waals surface area contributed by atoms with Gasteiger partial charge in [0.05, 0.1) is 88.7 Å². The standard InChI is InChI=1S/C80H126N22O30/c1-39-69(117)87-51(19-9-13-25-99-33-47(91-95-99)37-127-79-67(115)63(111)59(107)43(5)131-79)75(123)101-27-15-21-53(101)73(121)82-30-56(104)86-50(18-8-12-24-98-32-46(90-94-98)36-126-78-66(114)62(110)58(106)42(4)130-78)72(120)84-40(2)70(118)88-52(20-10-14-26-100-34-48(92-96-100)38-128-80-68(116)64(112)60(108)44(6)132-80)76(124)102-28-16-22-54(102)74(122)81-29-55(103)85-49(71(119)83-39)17-7-11-23-97-31-45(89-93-97)35-125-77-65(113)61(109)57(105)41(3)129-77/h31-34,39-44,49-54,57-68,77-80,105-116H,7-30,35-38H2,1-6H3,(H,81,122)(H,82,121)(H,83,119)(H,84,120)(H,85,103)(H,86,104)(H,87,117)(H,88,118)/t39-,40-,41-,42-,43-,44-,49-,50-,51-,52-,53-,54-,57+,58+,59+,60+,61+,62+,63+,64+,65-,66-,67-,68-,77+,78+,79+,80+/m0/s1. The number of carbonyl (C=O) groups excluding carboxylic acids is 10. The molecule has 7 saturated heterocycles. The second-order valence-electron chi connectivity index (χ2n) is 34.5. The fourth-order valence-electron chi connectivity index (χ4n) is 16.3. The number of fused-ring (bicyclic) bond motifs is 2. The van der Waals surface area contributed by atoms with Crippen molar-refractivity contribution >= 4 is 59.1 Å². The molecule has 20 N–H and O–H groups in total. The van der Waals surface area contributed by atoms with Crippen molar-refractivity contribution in [3.05, 3.63) is 47.6 Å². The molecule has 0 radical (unpaired) electrons. The molecule has 10 amide bonds. The Morgan fingerprint density at radius 1 is 0.326 bits per heavy atom. The molecule has 7 fully saturated rings. The van der Waals surface area contributed by atoms with Gasteiger partial charge >= 0.3 is 0 Å². The molecule has 7 aliphatic rings. The normalized spacial score (nSPS) is 33.9. The third-order valence-corrected chi connectivity index (χ3v) is 24.2. The molecular formula is C80H126N22O30. The van der Waals surface area contributed by atoms with Crippen molar-refractivity contribution in [1.82, 2.24) is 112 Å². The summed E-state index contributed by atoms with van der Waals surface area (Å²) in [7, 11) is 0. The van der Waals surface area contributed by atoms with E-state index < -0.39 is 243 Å². The number of aryl methyl sites for hydroxylation is 4. The number of unbranched alkanes of at least 4 members (excludes halogenated alkanes) is 4. The van der Waals surface area contributed by atoms with Crippen LogP contribution in [0.1, 0.15) is 167 Å². The van der Waals surface area contributed by atoms with Crippen LogP contribution in [0.25, 0.3) is 0 Å². The number of aliphatic hydroxyl groups excluding tert-OH is 12. The zero-order chi connectivity index (χ0) is 95.3. The summed E-state index contributed by atoms with van der Waals surface area (Å²) in [5.74, 6) is -8.21. The van der Waals surface area contributed by atoms with E-state index in [0.29, 0.717) is 48.5 Å². The van der Waals surface area contributed by atoms with Crippen molar-refractivity contribution in [3.8, 4) is 0 Å². The van der Waals surface area contributed by atoms with Crippen LogP contribution < -0.4 is 42.5 Å². The number of nitrogens with one attached hydrogen (secondary N) is 8. The fourth-order valence-corrected chi connectivity index (χ4v) is 16.3. The molecular weight excluding hydrogens is 1750 g/mol. The number of aliphatic hydroxyl groups is 12. The van der Waals surface area contributed by atoms with Crippen LogP contribution in [-0.4, -0.2) is 387 Å². The van der Waals surface area contributed by atoms with Gasteiger partial charge in [-0.15, -0.1) is 20.4 Å². The zero-order valence-corrected chi connectivity index (χ0v) is 74.3. The molecule has 4 aromatic heterocycles. The van der Waals surface area contributed by atoms with E-state index in [1.165, 1.54) is 70.1 Å². The Labute approximate surface area is 757 Å². The highest BCUT2D eigenvalue weighted by molar-refractivity contribution is 5.99. The average molecular weight is 1880 g/mol. The fraction of sp³-hybridized carbons (Fsp3) is 0.775. The molecule has 52 nitrogen and oxygen atoms in total. The number of ether oxygens (including phenoxy) is 8. The molecule has 736 valence electrons. The second kappa shape index (κ2) is 48.6. The lowest BCUT2D eigenvalue weighted by molar-refractivity contribution is -0.296. The van der Waals surface area contributed by atoms with Crippen LogP contribution in [-0.2, 0) is 138 Å². The maximum Gasteiger partial charge on any atom is 0.245 e. The predicted octanol–water partition coefficient (Wildman–Crippen LogP) is -9.61. The minimum Gasteiger partial charge on any atom is -0.388 e. The van der Waals surface area contributed by atoms with Crippen molar-refractivity contribution in [3.63, 3.8) is 0 Å². The summed E-state index contributed by atoms with van der Waals surface area (Å²) < 4.78 is 50.7. The van der Waals surface area contributed by atoms with E-state index in [0.717, 1.165) is 0 Å². The lowest BCUT2D eigenvalue weighted by Gasteiger charge is -2.38. The first-order chi connectivity index (χ1) is 63.0. The lowest BCUT2D eigenvalue weighted by atomic mass is 10.0. The summed E-state index contributed by atoms with van der Waals surface area (Å²) in [4.78, 5) is 149. The minimum absolute atomic E-state index is 0.0102. The van der Waals surface area contributed by atoms with E-state index >= 15 is 9.59 Å². The number of hydrogen-bond acceptors (Lipinski definition) is 38. The highest BCUT2D eigenvalue weighted by Crippen LogP contribution is 2.29. The highest BCUT2D eigenvalue weighted by atomic mass is 16.7. The first-order valence-electron chi connectivity index (χ1n) is 44.8. The number of rotatable bonds is 32. The van der Waals surface area contributed by atoms with Crippen LogP contribution in [0.15, 0.2) is 24.8 Å². The molecule has 0 bridgehead atoms. The average Bonchev–Trinajstić information content (AvgIpc) is 1.81. The SMILES string of the molecule is C[C@@H]1NC(=O)[C@H](CCCCn2cc(CO[C@@H]3O[C@@H](C)[C@@H](O)[C@@H](O)[C@@H]3O)nn2)NC(=O)CNC(=O)[C@@H]2CCCN2C(=O)[C@H](CCCCn2cc(CO[C@@H]3O[C@@H](C)[C@@H](O)[C@@H](O)[C@@H]3O)nn2)NC(=O)[C@H](C)NC(=O)[C@H](CCCCn2cc(CO[C@@H]3O[C@@H](C)[C@@H](O)[C@@H](O)[C@@H]3O)nn2)NC(=O)CNC(=O)[C@@H]2CCCN2C(=O)[C@H](CCCCn2cc(CO[C@@H]3O[C@@H](C)[C@@H](O)[C@@H](O)[C@@H]3O)nn2)NC1=O. The van der Waals surface area contributed by atoms with Crippen LogP contribution in [0, 0.1) is 0 Å². The highest BCUT2D eigenvalue weighted by Gasteiger charge is 2.48. The molecule has 11 rings (SSSR count). The molecule has 11 heterocycles. The Morgan fingerprint density at radius 2 is 0.591 bits per heavy atom. The third kappa shape index (κ3) is 27.8. The molecule has 7 aliphatic heterocycles. The van der Waals surface area contributed by atoms with Gasteiger partial charge in [-0.3, -0.25) is 66.7 Å². The Hall–Kier alpha value is -9.54. The number of amides is 10. The topological polar surface area (TPSA) is 713 Å². The van der Waals surface area contributed by atoms with Gasteiger partial charge in [0.25, 0.3) is 0 Å². The van der Waals surface area contributed by atoms with E-state index in [1.54, 1.807) is 24.8 Å². The summed E-state index contributed by atoms with van der Waals surface area (Å²) >= 11 is 0. The van der Waals surface area contributed by atoms with Gasteiger partial charge in [0.1, 0.15) is 144 Å². The van der Waals surface area contributed by atoms with Gasteiger partial charge in [-0.25, -0.2) is 0 Å². The van der Waals surface area contributed by atoms with Crippen molar-refractivity contribution < 1.29 is 147 Å². The third-order valence-electron chi connectivity index (χ3n) is 24.2. The van der Waals surface area contributed by atoms with E-state index in [2.05, 4.69) is 83.8 Å². The van der Waals surface area contributed by atoms with E-state index in [-0.39, 0.29) is 143 Å². The van der Waals surface area contributed by atoms with Crippen LogP contribution in [0.4, 0.5) is 0 Å². The smallest absolute Gasteiger partial charge is 0.245 e. The van der Waals surface area contributed by atoms with Gasteiger partial charge in [0.2, 0.25) is 59.1 Å². The van der Waals surface area contributed by atoms with Gasteiger partial charge in [-0.2, -0.15) is 0 Å². The Bertz CT molecular complexity index is 4180. The van der Waals surface area contributed by atoms with Gasteiger partial charge < -0.3 is 152 Å². The summed E-state index contributed by atoms with van der Waals surface area (Å²) in [5, 5.41) is 178. The molecule has 132 heavy (non-hydrogen) atoms. The van der Waals surface area contributed by atoms with E-state index in [9.17, 15) is 99.6 Å². The van der Waals surface area contributed by atoms with Crippen LogP contribution in [0.2, 0.25) is 0 Å². The molecule has 0 spiro atoms. The Kier molecular flexibility index (Phi) is 37.9. The lowest BCUT2D eigenvalue weighted by Crippen LogP contribution is -2.59. The number of aromatic nitrogens is 12. The van der Waals surface area contributed by atoms with Crippen molar-refractivity contribution in [1.29, 1.82) is 0 Å². The Morgan fingerprint density at radius 3 is 0.864 bits per heavy atom. The minimum atomic E-state index is -1.58. The van der Waals surface area contributed by atoms with Crippen molar-refractivity contribution in [2.45, 2.75) is 368 Å². The van der Waals surface area contributed by atoms with Crippen LogP contribution in [0.5, 0.6) is 0 Å². The molecule has 52 heteroatoms. The largest absolute Gasteiger partial charge is 0.388 e. The molecule has 0 unspecified atom stereocenters. The molecule has 0 saturated carbocycles. The predicted molar refractivity (Wildman–Crippen MR) is 442 cm³/mol. The molecule has 0 aromatic carbocycles. The summed E-state index contributed by atoms with van der Waals surface area (Å²) in [6.45, 7) is 7.13. The first kappa shape index (κ1) is 103. The number of carbonyl (C=O) groups is 10. The summed E-state index contributed by atoms with van der Waals surface area (Å²) in [6, 6.07) is -10.9. The quantitative estimate of drug-likeness (QED) is 0.0202. The molecule has 4 aromatic rings. The van der Waals surface area contributed by atoms with Gasteiger partial charge in [0.15, 0.2) is 25.2 Å². The number of hydrogen-bond donors (Lipinski definition) is 20. The maximum atomic E-state index is 15.1. The summed E-state index contributed by atoms with van der Waals surface area (Å²) in [5.41, 5.74) is 1.20. The zero-order valence-electron chi connectivity index (χ0n) is 74.3. The number of nitrogens with zero attached hydrogens (tertiary/aromatic N) is 14. The van der Waals surface area contributed by atoms with Crippen LogP contribution in [0.3, 0.4) is 0 Å². The van der Waals surface area contributed by atoms with Gasteiger partial charge in [0, 0.05) is 39.3 Å². The van der Waals surface area contributed by atoms with Gasteiger partial charge in [-0.05, 0) is 144 Å². The van der Waals surface area contributed by atoms with Crippen molar-refractivity contribution in [2.75, 3.05) is 26.2 Å². The Balaban J connectivity index is 0.802. The monoisotopic (exact) mass is 1870 g/mol. The first-order valence-corrected chi connectivity index (χ1v) is 44.8. The molecule has 28 atom stereocenters. The second-order valence-corrected chi connectivity index (χ2v) is 34.5. The van der Waals surface area contributed by atoms with Gasteiger partial charge in [-0.1, -0.05) is 20.9 Å². The van der Waals surface area contributed by atoms with E-state index in [4.69, 9.17) is 37.9 Å². The van der Waals surface area contributed by atoms with E-state index in [1.807, 2.05) is 0 Å². The van der Waals surface area contributed by atoms with Crippen LogP contribution >= 0.6 is 0 Å².